The van der Waals surface area contributed by atoms with E-state index in [4.69, 9.17) is 0 Å². The second-order valence-corrected chi connectivity index (χ2v) is 5.90. The summed E-state index contributed by atoms with van der Waals surface area (Å²) in [5.41, 5.74) is 6.62. The maximum atomic E-state index is 12.3. The van der Waals surface area contributed by atoms with E-state index >= 15 is 0 Å². The monoisotopic (exact) mass is 296 g/mol. The molecule has 0 aliphatic heterocycles. The highest BCUT2D eigenvalue weighted by Crippen LogP contribution is 2.19. The highest BCUT2D eigenvalue weighted by Gasteiger charge is 2.14. The summed E-state index contributed by atoms with van der Waals surface area (Å²) in [6.07, 6.45) is 0. The molecule has 0 aliphatic carbocycles. The Morgan fingerprint density at radius 3 is 2.36 bits per heavy atom. The van der Waals surface area contributed by atoms with Gasteiger partial charge in [0.2, 0.25) is 5.91 Å². The van der Waals surface area contributed by atoms with Crippen molar-refractivity contribution in [3.63, 3.8) is 0 Å². The van der Waals surface area contributed by atoms with E-state index in [1.54, 1.807) is 0 Å². The van der Waals surface area contributed by atoms with Crippen LogP contribution < -0.4 is 10.6 Å². The molecule has 0 saturated heterocycles. The van der Waals surface area contributed by atoms with Crippen LogP contribution in [0.5, 0.6) is 0 Å². The van der Waals surface area contributed by atoms with Gasteiger partial charge in [-0.05, 0) is 75.1 Å². The minimum absolute atomic E-state index is 0.0378. The Kier molecular flexibility index (Phi) is 4.86. The summed E-state index contributed by atoms with van der Waals surface area (Å²) in [5.74, 6) is -0.0378. The van der Waals surface area contributed by atoms with Crippen molar-refractivity contribution in [1.82, 2.24) is 0 Å². The number of hydrogen-bond donors (Lipinski definition) is 2. The maximum absolute atomic E-state index is 12.3. The lowest BCUT2D eigenvalue weighted by Gasteiger charge is -2.18. The predicted octanol–water partition coefficient (Wildman–Crippen LogP) is 4.36. The number of anilines is 2. The highest BCUT2D eigenvalue weighted by atomic mass is 16.2. The minimum atomic E-state index is -0.304. The zero-order valence-electron chi connectivity index (χ0n) is 13.9. The topological polar surface area (TPSA) is 41.1 Å². The molecule has 2 rings (SSSR count). The standard InChI is InChI=1S/C19H24N2O/c1-12-9-10-17(11-14(12)3)21-19(22)16(5)20-18-8-6-7-13(2)15(18)4/h6-11,16,20H,1-5H3,(H,21,22). The molecule has 0 heterocycles. The van der Waals surface area contributed by atoms with Gasteiger partial charge in [0, 0.05) is 11.4 Å². The lowest BCUT2D eigenvalue weighted by atomic mass is 10.1. The fraction of sp³-hybridized carbons (Fsp3) is 0.316. The molecular formula is C19H24N2O. The fourth-order valence-corrected chi connectivity index (χ4v) is 2.28. The summed E-state index contributed by atoms with van der Waals surface area (Å²) in [6.45, 7) is 10.1. The Labute approximate surface area is 132 Å². The third-order valence-electron chi connectivity index (χ3n) is 4.14. The molecule has 0 fully saturated rings. The molecule has 0 radical (unpaired) electrons. The van der Waals surface area contributed by atoms with Gasteiger partial charge in [0.15, 0.2) is 0 Å². The van der Waals surface area contributed by atoms with Crippen molar-refractivity contribution in [3.8, 4) is 0 Å². The van der Waals surface area contributed by atoms with E-state index in [-0.39, 0.29) is 11.9 Å². The molecule has 1 atom stereocenters. The fourth-order valence-electron chi connectivity index (χ4n) is 2.28. The van der Waals surface area contributed by atoms with Crippen LogP contribution >= 0.6 is 0 Å². The highest BCUT2D eigenvalue weighted by molar-refractivity contribution is 5.96. The second-order valence-electron chi connectivity index (χ2n) is 5.90. The van der Waals surface area contributed by atoms with Crippen LogP contribution in [0.4, 0.5) is 11.4 Å². The molecule has 3 nitrogen and oxygen atoms in total. The van der Waals surface area contributed by atoms with E-state index < -0.39 is 0 Å². The van der Waals surface area contributed by atoms with Gasteiger partial charge in [0.25, 0.3) is 0 Å². The van der Waals surface area contributed by atoms with Gasteiger partial charge in [-0.15, -0.1) is 0 Å². The lowest BCUT2D eigenvalue weighted by Crippen LogP contribution is -2.32. The molecule has 2 aromatic rings. The van der Waals surface area contributed by atoms with Gasteiger partial charge in [0.05, 0.1) is 0 Å². The normalized spacial score (nSPS) is 11.9. The zero-order valence-corrected chi connectivity index (χ0v) is 13.9. The van der Waals surface area contributed by atoms with Crippen molar-refractivity contribution >= 4 is 17.3 Å². The van der Waals surface area contributed by atoms with E-state index in [9.17, 15) is 4.79 Å². The van der Waals surface area contributed by atoms with Crippen LogP contribution in [0, 0.1) is 27.7 Å². The van der Waals surface area contributed by atoms with Crippen LogP contribution in [0.3, 0.4) is 0 Å². The Bertz CT molecular complexity index is 692. The third-order valence-corrected chi connectivity index (χ3v) is 4.14. The van der Waals surface area contributed by atoms with E-state index in [1.807, 2.05) is 44.2 Å². The molecule has 3 heteroatoms. The SMILES string of the molecule is Cc1ccc(NC(=O)C(C)Nc2cccc(C)c2C)cc1C. The molecule has 0 spiro atoms. The predicted molar refractivity (Wildman–Crippen MR) is 93.5 cm³/mol. The first-order valence-electron chi connectivity index (χ1n) is 7.59. The van der Waals surface area contributed by atoms with Gasteiger partial charge in [-0.1, -0.05) is 18.2 Å². The quantitative estimate of drug-likeness (QED) is 0.880. The first-order chi connectivity index (χ1) is 10.4. The lowest BCUT2D eigenvalue weighted by molar-refractivity contribution is -0.116. The molecular weight excluding hydrogens is 272 g/mol. The second kappa shape index (κ2) is 6.65. The minimum Gasteiger partial charge on any atom is -0.374 e. The summed E-state index contributed by atoms with van der Waals surface area (Å²) in [7, 11) is 0. The molecule has 2 N–H and O–H groups in total. The van der Waals surface area contributed by atoms with Gasteiger partial charge >= 0.3 is 0 Å². The van der Waals surface area contributed by atoms with Crippen LogP contribution in [0.1, 0.15) is 29.2 Å². The smallest absolute Gasteiger partial charge is 0.246 e. The van der Waals surface area contributed by atoms with Gasteiger partial charge in [-0.25, -0.2) is 0 Å². The average molecular weight is 296 g/mol. The summed E-state index contributed by atoms with van der Waals surface area (Å²) in [5, 5.41) is 6.25. The van der Waals surface area contributed by atoms with Gasteiger partial charge in [0.1, 0.15) is 6.04 Å². The number of rotatable bonds is 4. The molecule has 116 valence electrons. The van der Waals surface area contributed by atoms with Gasteiger partial charge in [-0.2, -0.15) is 0 Å². The molecule has 1 unspecified atom stereocenters. The Morgan fingerprint density at radius 2 is 1.68 bits per heavy atom. The Morgan fingerprint density at radius 1 is 0.955 bits per heavy atom. The van der Waals surface area contributed by atoms with Crippen molar-refractivity contribution in [2.24, 2.45) is 0 Å². The number of benzene rings is 2. The molecule has 0 aromatic heterocycles. The number of amides is 1. The van der Waals surface area contributed by atoms with E-state index in [1.165, 1.54) is 22.3 Å². The van der Waals surface area contributed by atoms with Crippen LogP contribution in [0.15, 0.2) is 36.4 Å². The molecule has 2 aromatic carbocycles. The number of hydrogen-bond acceptors (Lipinski definition) is 2. The van der Waals surface area contributed by atoms with Crippen molar-refractivity contribution in [3.05, 3.63) is 58.7 Å². The molecule has 1 amide bonds. The van der Waals surface area contributed by atoms with Crippen LogP contribution in [-0.4, -0.2) is 11.9 Å². The Balaban J connectivity index is 2.06. The van der Waals surface area contributed by atoms with Crippen LogP contribution in [0.25, 0.3) is 0 Å². The summed E-state index contributed by atoms with van der Waals surface area (Å²) >= 11 is 0. The van der Waals surface area contributed by atoms with Crippen molar-refractivity contribution in [2.45, 2.75) is 40.7 Å². The summed E-state index contributed by atoms with van der Waals surface area (Å²) in [6, 6.07) is 11.7. The first-order valence-corrected chi connectivity index (χ1v) is 7.59. The number of carbonyl (C=O) groups is 1. The van der Waals surface area contributed by atoms with Crippen molar-refractivity contribution in [1.29, 1.82) is 0 Å². The maximum Gasteiger partial charge on any atom is 0.246 e. The molecule has 22 heavy (non-hydrogen) atoms. The zero-order chi connectivity index (χ0) is 16.3. The van der Waals surface area contributed by atoms with Crippen LogP contribution in [-0.2, 0) is 4.79 Å². The third kappa shape index (κ3) is 3.67. The van der Waals surface area contributed by atoms with Gasteiger partial charge in [-0.3, -0.25) is 4.79 Å². The summed E-state index contributed by atoms with van der Waals surface area (Å²) < 4.78 is 0. The van der Waals surface area contributed by atoms with E-state index in [0.717, 1.165) is 11.4 Å². The van der Waals surface area contributed by atoms with Crippen LogP contribution in [0.2, 0.25) is 0 Å². The van der Waals surface area contributed by atoms with E-state index in [2.05, 4.69) is 37.5 Å². The Hall–Kier alpha value is -2.29. The number of aryl methyl sites for hydroxylation is 3. The number of carbonyl (C=O) groups excluding carboxylic acids is 1. The average Bonchev–Trinajstić information content (AvgIpc) is 2.47. The first kappa shape index (κ1) is 16.1. The van der Waals surface area contributed by atoms with Crippen molar-refractivity contribution < 1.29 is 4.79 Å². The molecule has 0 saturated carbocycles. The number of nitrogens with one attached hydrogen (secondary N) is 2. The van der Waals surface area contributed by atoms with Gasteiger partial charge < -0.3 is 10.6 Å². The largest absolute Gasteiger partial charge is 0.374 e. The molecule has 0 aliphatic rings. The van der Waals surface area contributed by atoms with E-state index in [0.29, 0.717) is 0 Å². The summed E-state index contributed by atoms with van der Waals surface area (Å²) in [4.78, 5) is 12.3. The molecule has 0 bridgehead atoms. The van der Waals surface area contributed by atoms with Crippen molar-refractivity contribution in [2.75, 3.05) is 10.6 Å².